The van der Waals surface area contributed by atoms with E-state index in [0.717, 1.165) is 32.1 Å². The van der Waals surface area contributed by atoms with Gasteiger partial charge in [0.1, 0.15) is 6.10 Å². The van der Waals surface area contributed by atoms with Crippen molar-refractivity contribution in [3.05, 3.63) is 5.21 Å². The van der Waals surface area contributed by atoms with Gasteiger partial charge >= 0.3 is 5.97 Å². The molecule has 0 saturated heterocycles. The summed E-state index contributed by atoms with van der Waals surface area (Å²) in [6, 6.07) is 0. The first-order chi connectivity index (χ1) is 10.7. The van der Waals surface area contributed by atoms with Gasteiger partial charge in [0.15, 0.2) is 0 Å². The molecule has 1 fully saturated rings. The zero-order chi connectivity index (χ0) is 17.5. The molecule has 134 valence electrons. The highest BCUT2D eigenvalue weighted by Gasteiger charge is 2.26. The van der Waals surface area contributed by atoms with Crippen molar-refractivity contribution < 1.29 is 19.3 Å². The molecule has 0 atom stereocenters. The molecule has 1 aliphatic carbocycles. The second-order valence-electron chi connectivity index (χ2n) is 7.12. The number of hydrogen-bond donors (Lipinski definition) is 0. The van der Waals surface area contributed by atoms with E-state index in [1.54, 1.807) is 7.05 Å². The molecule has 1 aliphatic rings. The van der Waals surface area contributed by atoms with Gasteiger partial charge in [0, 0.05) is 6.42 Å². The average Bonchev–Trinajstić information content (AvgIpc) is 2.50. The number of hydrogen-bond acceptors (Lipinski definition) is 5. The Morgan fingerprint density at radius 2 is 1.91 bits per heavy atom. The first-order valence-electron chi connectivity index (χ1n) is 8.47. The van der Waals surface area contributed by atoms with E-state index in [1.165, 1.54) is 5.01 Å². The number of esters is 1. The van der Waals surface area contributed by atoms with E-state index in [1.807, 2.05) is 27.7 Å². The van der Waals surface area contributed by atoms with Crippen LogP contribution in [0.25, 0.3) is 0 Å². The quantitative estimate of drug-likeness (QED) is 0.309. The zero-order valence-electron chi connectivity index (χ0n) is 15.1. The van der Waals surface area contributed by atoms with Crippen LogP contribution in [0.15, 0.2) is 5.28 Å². The summed E-state index contributed by atoms with van der Waals surface area (Å²) in [5.74, 6) is 0.410. The topological polar surface area (TPSA) is 77.2 Å². The van der Waals surface area contributed by atoms with Gasteiger partial charge in [-0.1, -0.05) is 0 Å². The van der Waals surface area contributed by atoms with Gasteiger partial charge < -0.3 is 14.8 Å². The Kier molecular flexibility index (Phi) is 7.58. The Balaban J connectivity index is 2.30. The minimum atomic E-state index is -0.306. The van der Waals surface area contributed by atoms with E-state index in [9.17, 15) is 10.0 Å². The molecule has 0 aromatic heterocycles. The molecule has 0 amide bonds. The molecule has 0 bridgehead atoms. The smallest absolute Gasteiger partial charge is 0.305 e. The number of carbonyl (C=O) groups is 1. The number of hydrazine groups is 1. The molecule has 1 rings (SSSR count). The van der Waals surface area contributed by atoms with Crippen LogP contribution in [0.2, 0.25) is 0 Å². The van der Waals surface area contributed by atoms with Crippen LogP contribution in [-0.2, 0) is 14.4 Å². The van der Waals surface area contributed by atoms with Crippen LogP contribution in [-0.4, -0.2) is 41.2 Å². The maximum Gasteiger partial charge on any atom is 0.305 e. The Hall–Kier alpha value is -1.53. The highest BCUT2D eigenvalue weighted by Crippen LogP contribution is 2.29. The number of nitrogens with zero attached hydrogens (tertiary/aromatic N) is 3. The highest BCUT2D eigenvalue weighted by atomic mass is 16.7. The van der Waals surface area contributed by atoms with Gasteiger partial charge in [-0.3, -0.25) is 4.79 Å². The Labute approximate surface area is 139 Å². The number of carbonyl (C=O) groups excluding carboxylic acids is 1. The SMILES string of the molecule is CCOC(=O)CCC1CCC(O/N=[N+](\[O-])N(C)C(C)(C)C)CC1. The number of rotatable bonds is 7. The van der Waals surface area contributed by atoms with Gasteiger partial charge in [0.25, 0.3) is 0 Å². The van der Waals surface area contributed by atoms with Gasteiger partial charge in [-0.25, -0.2) is 0 Å². The minimum Gasteiger partial charge on any atom is -0.569 e. The van der Waals surface area contributed by atoms with E-state index in [2.05, 4.69) is 5.28 Å². The van der Waals surface area contributed by atoms with Crippen molar-refractivity contribution in [1.29, 1.82) is 0 Å². The molecule has 0 aliphatic heterocycles. The molecule has 23 heavy (non-hydrogen) atoms. The van der Waals surface area contributed by atoms with Crippen molar-refractivity contribution in [2.24, 2.45) is 11.2 Å². The van der Waals surface area contributed by atoms with Crippen molar-refractivity contribution >= 4 is 5.97 Å². The Bertz CT molecular complexity index is 399. The fourth-order valence-electron chi connectivity index (χ4n) is 2.50. The van der Waals surface area contributed by atoms with Crippen LogP contribution in [0.3, 0.4) is 0 Å². The maximum atomic E-state index is 11.8. The normalized spacial score (nSPS) is 22.6. The van der Waals surface area contributed by atoms with E-state index >= 15 is 0 Å². The number of ether oxygens (including phenoxy) is 1. The molecule has 0 spiro atoms. The van der Waals surface area contributed by atoms with Crippen LogP contribution in [0.4, 0.5) is 0 Å². The van der Waals surface area contributed by atoms with Gasteiger partial charge in [-0.15, -0.1) is 5.01 Å². The molecule has 1 saturated carbocycles. The predicted molar refractivity (Wildman–Crippen MR) is 86.3 cm³/mol. The molecule has 0 radical (unpaired) electrons. The predicted octanol–water partition coefficient (Wildman–Crippen LogP) is 3.43. The third-order valence-corrected chi connectivity index (χ3v) is 4.35. The lowest BCUT2D eigenvalue weighted by Crippen LogP contribution is -2.42. The van der Waals surface area contributed by atoms with Crippen molar-refractivity contribution in [3.63, 3.8) is 0 Å². The summed E-state index contributed by atoms with van der Waals surface area (Å²) in [4.78, 5) is 17.3. The standard InChI is InChI=1S/C16H31N3O4/c1-6-22-15(20)12-9-13-7-10-14(11-8-13)23-17-19(21)18(5)16(2,3)4/h13-14H,6-12H2,1-5H3/b19-17-. The summed E-state index contributed by atoms with van der Waals surface area (Å²) < 4.78 is 4.95. The highest BCUT2D eigenvalue weighted by molar-refractivity contribution is 5.69. The molecule has 7 nitrogen and oxygen atoms in total. The molecule has 0 aromatic carbocycles. The van der Waals surface area contributed by atoms with Crippen LogP contribution in [0.5, 0.6) is 0 Å². The summed E-state index contributed by atoms with van der Waals surface area (Å²) in [5.41, 5.74) is -0.306. The van der Waals surface area contributed by atoms with Crippen LogP contribution in [0.1, 0.15) is 66.2 Å². The summed E-state index contributed by atoms with van der Waals surface area (Å²) in [5, 5.41) is 17.0. The fourth-order valence-corrected chi connectivity index (χ4v) is 2.50. The lowest BCUT2D eigenvalue weighted by atomic mass is 9.84. The Morgan fingerprint density at radius 1 is 1.30 bits per heavy atom. The molecular formula is C16H31N3O4. The molecule has 0 aromatic rings. The second kappa shape index (κ2) is 8.93. The van der Waals surface area contributed by atoms with Crippen LogP contribution >= 0.6 is 0 Å². The molecular weight excluding hydrogens is 298 g/mol. The fraction of sp³-hybridized carbons (Fsp3) is 0.938. The summed E-state index contributed by atoms with van der Waals surface area (Å²) >= 11 is 0. The minimum absolute atomic E-state index is 0.0151. The third-order valence-electron chi connectivity index (χ3n) is 4.35. The molecule has 0 heterocycles. The monoisotopic (exact) mass is 329 g/mol. The summed E-state index contributed by atoms with van der Waals surface area (Å²) in [7, 11) is 1.69. The first kappa shape index (κ1) is 19.5. The van der Waals surface area contributed by atoms with Crippen LogP contribution < -0.4 is 0 Å². The van der Waals surface area contributed by atoms with Crippen LogP contribution in [0, 0.1) is 11.1 Å². The van der Waals surface area contributed by atoms with E-state index in [0.29, 0.717) is 23.9 Å². The lowest BCUT2D eigenvalue weighted by Gasteiger charge is -2.28. The van der Waals surface area contributed by atoms with Gasteiger partial charge in [-0.05, 0) is 65.7 Å². The van der Waals surface area contributed by atoms with Crippen molar-refractivity contribution in [2.75, 3.05) is 13.7 Å². The zero-order valence-corrected chi connectivity index (χ0v) is 15.1. The third kappa shape index (κ3) is 7.05. The maximum absolute atomic E-state index is 11.8. The van der Waals surface area contributed by atoms with Gasteiger partial charge in [0.05, 0.1) is 24.2 Å². The summed E-state index contributed by atoms with van der Waals surface area (Å²) in [6.45, 7) is 8.06. The Morgan fingerprint density at radius 3 is 2.43 bits per heavy atom. The average molecular weight is 329 g/mol. The van der Waals surface area contributed by atoms with Crippen molar-refractivity contribution in [2.45, 2.75) is 77.9 Å². The largest absolute Gasteiger partial charge is 0.569 e. The first-order valence-corrected chi connectivity index (χ1v) is 8.47. The van der Waals surface area contributed by atoms with Gasteiger partial charge in [-0.2, -0.15) is 0 Å². The molecule has 7 heteroatoms. The van der Waals surface area contributed by atoms with E-state index in [-0.39, 0.29) is 17.6 Å². The van der Waals surface area contributed by atoms with Crippen molar-refractivity contribution in [3.8, 4) is 0 Å². The molecule has 0 N–H and O–H groups in total. The van der Waals surface area contributed by atoms with E-state index < -0.39 is 0 Å². The summed E-state index contributed by atoms with van der Waals surface area (Å²) in [6.07, 6.45) is 5.05. The van der Waals surface area contributed by atoms with Gasteiger partial charge in [0.2, 0.25) is 5.28 Å². The molecule has 0 unspecified atom stereocenters. The lowest BCUT2D eigenvalue weighted by molar-refractivity contribution is -0.720. The second-order valence-corrected chi connectivity index (χ2v) is 7.12. The van der Waals surface area contributed by atoms with Crippen molar-refractivity contribution in [1.82, 2.24) is 5.01 Å². The van der Waals surface area contributed by atoms with E-state index in [4.69, 9.17) is 9.57 Å².